The molecule has 0 saturated heterocycles. The van der Waals surface area contributed by atoms with Gasteiger partial charge in [-0.1, -0.05) is 13.8 Å². The van der Waals surface area contributed by atoms with Gasteiger partial charge in [-0.15, -0.1) is 23.1 Å². The Hall–Kier alpha value is 0.490. The van der Waals surface area contributed by atoms with Crippen LogP contribution in [0.2, 0.25) is 0 Å². The number of aliphatic hydroxyl groups is 1. The summed E-state index contributed by atoms with van der Waals surface area (Å²) in [4.78, 5) is 0. The Balaban J connectivity index is 2.56. The molecule has 1 unspecified atom stereocenters. The maximum absolute atomic E-state index is 9.14. The number of hydrogen-bond donors (Lipinski definition) is 1. The van der Waals surface area contributed by atoms with Gasteiger partial charge < -0.3 is 5.11 Å². The van der Waals surface area contributed by atoms with E-state index in [0.29, 0.717) is 11.2 Å². The van der Waals surface area contributed by atoms with Crippen molar-refractivity contribution in [3.8, 4) is 0 Å². The predicted molar refractivity (Wildman–Crippen MR) is 63.6 cm³/mol. The zero-order chi connectivity index (χ0) is 9.84. The summed E-state index contributed by atoms with van der Waals surface area (Å²) in [6.45, 7) is 4.52. The first kappa shape index (κ1) is 11.6. The molecule has 1 N–H and O–H groups in total. The third-order valence-electron chi connectivity index (χ3n) is 1.74. The molecule has 0 saturated carbocycles. The van der Waals surface area contributed by atoms with Crippen LogP contribution < -0.4 is 0 Å². The van der Waals surface area contributed by atoms with E-state index in [0.717, 1.165) is 3.79 Å². The van der Waals surface area contributed by atoms with Crippen molar-refractivity contribution in [1.82, 2.24) is 0 Å². The normalized spacial score (nSPS) is 13.6. The van der Waals surface area contributed by atoms with Crippen molar-refractivity contribution >= 4 is 39.0 Å². The lowest BCUT2D eigenvalue weighted by Gasteiger charge is -2.15. The van der Waals surface area contributed by atoms with Gasteiger partial charge in [0, 0.05) is 5.25 Å². The highest BCUT2D eigenvalue weighted by molar-refractivity contribution is 9.11. The monoisotopic (exact) mass is 280 g/mol. The van der Waals surface area contributed by atoms with E-state index in [1.165, 1.54) is 4.21 Å². The lowest BCUT2D eigenvalue weighted by atomic mass is 10.1. The van der Waals surface area contributed by atoms with Crippen molar-refractivity contribution in [3.63, 3.8) is 0 Å². The van der Waals surface area contributed by atoms with Gasteiger partial charge in [-0.05, 0) is 34.0 Å². The highest BCUT2D eigenvalue weighted by Crippen LogP contribution is 2.35. The van der Waals surface area contributed by atoms with Crippen molar-refractivity contribution in [1.29, 1.82) is 0 Å². The number of halogens is 1. The number of rotatable bonds is 4. The van der Waals surface area contributed by atoms with Crippen LogP contribution >= 0.6 is 39.0 Å². The molecule has 1 aromatic heterocycles. The van der Waals surface area contributed by atoms with E-state index in [4.69, 9.17) is 5.11 Å². The first-order chi connectivity index (χ1) is 6.13. The van der Waals surface area contributed by atoms with Crippen LogP contribution in [-0.2, 0) is 0 Å². The molecule has 0 bridgehead atoms. The summed E-state index contributed by atoms with van der Waals surface area (Å²) in [5.41, 5.74) is 0. The quantitative estimate of drug-likeness (QED) is 0.851. The third kappa shape index (κ3) is 3.62. The van der Waals surface area contributed by atoms with Gasteiger partial charge >= 0.3 is 0 Å². The van der Waals surface area contributed by atoms with Gasteiger partial charge in [0.05, 0.1) is 14.6 Å². The average Bonchev–Trinajstić information content (AvgIpc) is 2.46. The van der Waals surface area contributed by atoms with Crippen LogP contribution in [0.4, 0.5) is 0 Å². The molecule has 13 heavy (non-hydrogen) atoms. The zero-order valence-electron chi connectivity index (χ0n) is 7.66. The predicted octanol–water partition coefficient (Wildman–Crippen LogP) is 3.62. The molecule has 4 heteroatoms. The van der Waals surface area contributed by atoms with Gasteiger partial charge in [-0.2, -0.15) is 0 Å². The van der Waals surface area contributed by atoms with Gasteiger partial charge in [0.1, 0.15) is 0 Å². The van der Waals surface area contributed by atoms with Crippen LogP contribution in [0.3, 0.4) is 0 Å². The van der Waals surface area contributed by atoms with E-state index in [9.17, 15) is 0 Å². The molecule has 1 heterocycles. The molecule has 0 aliphatic heterocycles. The van der Waals surface area contributed by atoms with Crippen LogP contribution in [0, 0.1) is 5.92 Å². The van der Waals surface area contributed by atoms with Crippen LogP contribution in [0.25, 0.3) is 0 Å². The smallest absolute Gasteiger partial charge is 0.0710 e. The molecular weight excluding hydrogens is 268 g/mol. The molecule has 1 rings (SSSR count). The summed E-state index contributed by atoms with van der Waals surface area (Å²) in [5, 5.41) is 9.45. The molecule has 0 radical (unpaired) electrons. The van der Waals surface area contributed by atoms with Gasteiger partial charge in [0.25, 0.3) is 0 Å². The van der Waals surface area contributed by atoms with Crippen LogP contribution in [0.1, 0.15) is 13.8 Å². The number of hydrogen-bond acceptors (Lipinski definition) is 3. The Morgan fingerprint density at radius 3 is 2.62 bits per heavy atom. The van der Waals surface area contributed by atoms with Crippen molar-refractivity contribution in [3.05, 3.63) is 15.9 Å². The van der Waals surface area contributed by atoms with Crippen molar-refractivity contribution in [2.24, 2.45) is 5.92 Å². The third-order valence-corrected chi connectivity index (χ3v) is 5.06. The molecule has 0 spiro atoms. The molecular formula is C9H13BrOS2. The second-order valence-electron chi connectivity index (χ2n) is 3.14. The minimum Gasteiger partial charge on any atom is -0.395 e. The Bertz CT molecular complexity index is 260. The molecule has 0 fully saturated rings. The Kier molecular flexibility index (Phi) is 4.80. The maximum Gasteiger partial charge on any atom is 0.0710 e. The largest absolute Gasteiger partial charge is 0.395 e. The van der Waals surface area contributed by atoms with E-state index >= 15 is 0 Å². The Morgan fingerprint density at radius 1 is 1.54 bits per heavy atom. The van der Waals surface area contributed by atoms with Crippen molar-refractivity contribution in [2.75, 3.05) is 6.61 Å². The lowest BCUT2D eigenvalue weighted by Crippen LogP contribution is -2.15. The first-order valence-electron chi connectivity index (χ1n) is 4.16. The Morgan fingerprint density at radius 2 is 2.23 bits per heavy atom. The average molecular weight is 281 g/mol. The van der Waals surface area contributed by atoms with E-state index < -0.39 is 0 Å². The van der Waals surface area contributed by atoms with E-state index in [1.807, 2.05) is 6.07 Å². The first-order valence-corrected chi connectivity index (χ1v) is 6.65. The lowest BCUT2D eigenvalue weighted by molar-refractivity contribution is 0.275. The summed E-state index contributed by atoms with van der Waals surface area (Å²) in [6.07, 6.45) is 0. The van der Waals surface area contributed by atoms with Crippen LogP contribution in [0.15, 0.2) is 20.1 Å². The standard InChI is InChI=1S/C9H13BrOS2/c1-6(2)7(5-11)12-9-4-3-8(10)13-9/h3-4,6-7,11H,5H2,1-2H3. The van der Waals surface area contributed by atoms with Gasteiger partial charge in [0.2, 0.25) is 0 Å². The van der Waals surface area contributed by atoms with Gasteiger partial charge in [-0.25, -0.2) is 0 Å². The second kappa shape index (κ2) is 5.39. The summed E-state index contributed by atoms with van der Waals surface area (Å²) in [7, 11) is 0. The van der Waals surface area contributed by atoms with Crippen LogP contribution in [0.5, 0.6) is 0 Å². The molecule has 0 aromatic carbocycles. The van der Waals surface area contributed by atoms with E-state index in [-0.39, 0.29) is 6.61 Å². The summed E-state index contributed by atoms with van der Waals surface area (Å²) < 4.78 is 2.41. The molecule has 0 aliphatic rings. The molecule has 1 atom stereocenters. The summed E-state index contributed by atoms with van der Waals surface area (Å²) in [5.74, 6) is 0.510. The highest BCUT2D eigenvalue weighted by Gasteiger charge is 2.14. The summed E-state index contributed by atoms with van der Waals surface area (Å²) in [6, 6.07) is 4.13. The molecule has 1 nitrogen and oxygen atoms in total. The molecule has 1 aromatic rings. The second-order valence-corrected chi connectivity index (χ2v) is 7.14. The van der Waals surface area contributed by atoms with Crippen molar-refractivity contribution < 1.29 is 5.11 Å². The minimum atomic E-state index is 0.248. The van der Waals surface area contributed by atoms with Gasteiger partial charge in [0.15, 0.2) is 0 Å². The number of thiophene rings is 1. The fourth-order valence-corrected chi connectivity index (χ4v) is 3.96. The Labute approximate surface area is 95.7 Å². The van der Waals surface area contributed by atoms with Crippen molar-refractivity contribution in [2.45, 2.75) is 23.3 Å². The van der Waals surface area contributed by atoms with Crippen LogP contribution in [-0.4, -0.2) is 17.0 Å². The SMILES string of the molecule is CC(C)C(CO)Sc1ccc(Br)s1. The fraction of sp³-hybridized carbons (Fsp3) is 0.556. The van der Waals surface area contributed by atoms with E-state index in [2.05, 4.69) is 35.8 Å². The van der Waals surface area contributed by atoms with E-state index in [1.54, 1.807) is 23.1 Å². The topological polar surface area (TPSA) is 20.2 Å². The molecule has 0 amide bonds. The zero-order valence-corrected chi connectivity index (χ0v) is 10.9. The summed E-state index contributed by atoms with van der Waals surface area (Å²) >= 11 is 6.90. The molecule has 0 aliphatic carbocycles. The fourth-order valence-electron chi connectivity index (χ4n) is 0.894. The minimum absolute atomic E-state index is 0.248. The van der Waals surface area contributed by atoms with Gasteiger partial charge in [-0.3, -0.25) is 0 Å². The highest BCUT2D eigenvalue weighted by atomic mass is 79.9. The number of thioether (sulfide) groups is 1. The number of aliphatic hydroxyl groups excluding tert-OH is 1. The molecule has 74 valence electrons. The maximum atomic E-state index is 9.14.